The molecule has 0 amide bonds. The van der Waals surface area contributed by atoms with Gasteiger partial charge in [0.2, 0.25) is 0 Å². The first-order valence-electron chi connectivity index (χ1n) is 16.2. The van der Waals surface area contributed by atoms with Crippen LogP contribution in [0.1, 0.15) is 5.56 Å². The van der Waals surface area contributed by atoms with Crippen molar-refractivity contribution in [1.29, 1.82) is 0 Å². The summed E-state index contributed by atoms with van der Waals surface area (Å²) >= 11 is -8.08. The second-order valence-corrected chi connectivity index (χ2v) is 39.8. The van der Waals surface area contributed by atoms with E-state index in [9.17, 15) is 0 Å². The zero-order chi connectivity index (χ0) is 31.1. The monoisotopic (exact) mass is 806 g/mol. The number of hydrogen-bond acceptors (Lipinski definition) is 0. The van der Waals surface area contributed by atoms with E-state index in [4.69, 9.17) is 0 Å². The van der Waals surface area contributed by atoms with Gasteiger partial charge in [0.05, 0.1) is 0 Å². The van der Waals surface area contributed by atoms with E-state index in [2.05, 4.69) is 212 Å². The van der Waals surface area contributed by atoms with Gasteiger partial charge in [0.25, 0.3) is 0 Å². The molecule has 0 saturated carbocycles. The van der Waals surface area contributed by atoms with Gasteiger partial charge >= 0.3 is 284 Å². The zero-order valence-corrected chi connectivity index (χ0v) is 31.7. The van der Waals surface area contributed by atoms with Gasteiger partial charge < -0.3 is 0 Å². The SMILES string of the molecule is c1ccc(C[CH]([Sn]([c]2ccccc2)([c]2ccccc2)[c]2ccccc2)[Sn]([c]2ccccc2)([c]2ccccc2)[c]2ccccc2)cc1. The normalized spacial score (nSPS) is 11.8. The summed E-state index contributed by atoms with van der Waals surface area (Å²) in [5, 5.41) is 0. The minimum absolute atomic E-state index is 0.408. The van der Waals surface area contributed by atoms with Crippen LogP contribution >= 0.6 is 0 Å². The fourth-order valence-corrected chi connectivity index (χ4v) is 69.3. The van der Waals surface area contributed by atoms with Gasteiger partial charge in [0.1, 0.15) is 0 Å². The fraction of sp³-hybridized carbons (Fsp3) is 0.0455. The van der Waals surface area contributed by atoms with Gasteiger partial charge in [0.15, 0.2) is 0 Å². The van der Waals surface area contributed by atoms with Crippen LogP contribution in [0.15, 0.2) is 212 Å². The van der Waals surface area contributed by atoms with Crippen LogP contribution in [0.2, 0.25) is 1.95 Å². The Morgan fingerprint density at radius 1 is 0.261 bits per heavy atom. The number of rotatable bonds is 10. The third kappa shape index (κ3) is 5.67. The van der Waals surface area contributed by atoms with Crippen molar-refractivity contribution in [3.05, 3.63) is 218 Å². The fourth-order valence-electron chi connectivity index (χ4n) is 7.89. The van der Waals surface area contributed by atoms with Crippen molar-refractivity contribution < 1.29 is 0 Å². The van der Waals surface area contributed by atoms with Crippen LogP contribution in [0.5, 0.6) is 0 Å². The molecule has 0 nitrogen and oxygen atoms in total. The van der Waals surface area contributed by atoms with E-state index in [-0.39, 0.29) is 0 Å². The molecular formula is C44H38Sn2. The second kappa shape index (κ2) is 14.3. The second-order valence-electron chi connectivity index (χ2n) is 12.1. The first kappa shape index (κ1) is 30.8. The molecule has 0 bridgehead atoms. The molecule has 0 heterocycles. The Kier molecular flexibility index (Phi) is 9.55. The Morgan fingerprint density at radius 3 is 0.674 bits per heavy atom. The summed E-state index contributed by atoms with van der Waals surface area (Å²) in [5.41, 5.74) is 1.42. The molecule has 0 aromatic heterocycles. The Hall–Kier alpha value is -3.86. The standard InChI is InChI=1S/C8H8.6C6H5.2Sn/c1-2-8-6-4-3-5-7-8;6*1-2-4-6-5-3-1;;/h1,3-7H,2H2;6*1-5H;;. The van der Waals surface area contributed by atoms with Gasteiger partial charge in [-0.2, -0.15) is 0 Å². The molecule has 7 rings (SSSR count). The van der Waals surface area contributed by atoms with Gasteiger partial charge in [0, 0.05) is 0 Å². The molecule has 0 saturated heterocycles. The van der Waals surface area contributed by atoms with Crippen LogP contribution in [0.3, 0.4) is 0 Å². The topological polar surface area (TPSA) is 0 Å². The van der Waals surface area contributed by atoms with Crippen molar-refractivity contribution in [1.82, 2.24) is 0 Å². The van der Waals surface area contributed by atoms with Gasteiger partial charge in [-0.3, -0.25) is 0 Å². The van der Waals surface area contributed by atoms with Crippen molar-refractivity contribution in [2.45, 2.75) is 8.37 Å². The van der Waals surface area contributed by atoms with E-state index in [1.54, 1.807) is 21.5 Å². The summed E-state index contributed by atoms with van der Waals surface area (Å²) in [7, 11) is 0. The first-order chi connectivity index (χ1) is 22.8. The molecule has 0 unspecified atom stereocenters. The van der Waals surface area contributed by atoms with Crippen LogP contribution in [0, 0.1) is 0 Å². The van der Waals surface area contributed by atoms with Crippen LogP contribution < -0.4 is 21.5 Å². The third-order valence-electron chi connectivity index (χ3n) is 9.70. The zero-order valence-electron chi connectivity index (χ0n) is 26.0. The molecule has 0 fully saturated rings. The molecule has 222 valence electrons. The minimum atomic E-state index is -4.04. The molecule has 2 heteroatoms. The number of hydrogen-bond donors (Lipinski definition) is 0. The first-order valence-corrected chi connectivity index (χ1v) is 28.1. The maximum atomic E-state index is 2.46. The van der Waals surface area contributed by atoms with Crippen molar-refractivity contribution in [2.75, 3.05) is 0 Å². The Labute approximate surface area is 282 Å². The van der Waals surface area contributed by atoms with Crippen LogP contribution in [-0.4, -0.2) is 36.8 Å². The van der Waals surface area contributed by atoms with E-state index >= 15 is 0 Å². The van der Waals surface area contributed by atoms with Crippen molar-refractivity contribution in [3.8, 4) is 0 Å². The molecule has 0 aliphatic rings. The summed E-state index contributed by atoms with van der Waals surface area (Å²) in [4.78, 5) is 0. The molecule has 0 radical (unpaired) electrons. The summed E-state index contributed by atoms with van der Waals surface area (Å²) in [6, 6.07) is 81.3. The molecule has 0 atom stereocenters. The maximum absolute atomic E-state index is 4.04. The van der Waals surface area contributed by atoms with Crippen molar-refractivity contribution in [3.63, 3.8) is 0 Å². The third-order valence-corrected chi connectivity index (χ3v) is 54.7. The van der Waals surface area contributed by atoms with Crippen LogP contribution in [0.25, 0.3) is 0 Å². The molecule has 0 N–H and O–H groups in total. The van der Waals surface area contributed by atoms with E-state index in [0.717, 1.165) is 6.42 Å². The predicted octanol–water partition coefficient (Wildman–Crippen LogP) is 6.48. The average molecular weight is 804 g/mol. The van der Waals surface area contributed by atoms with Crippen molar-refractivity contribution in [2.24, 2.45) is 0 Å². The summed E-state index contributed by atoms with van der Waals surface area (Å²) in [5.74, 6) is 0. The Morgan fingerprint density at radius 2 is 0.457 bits per heavy atom. The number of benzene rings is 7. The summed E-state index contributed by atoms with van der Waals surface area (Å²) in [6.45, 7) is 0. The average Bonchev–Trinajstić information content (AvgIpc) is 3.15. The van der Waals surface area contributed by atoms with E-state index < -0.39 is 36.8 Å². The van der Waals surface area contributed by atoms with Gasteiger partial charge in [-0.15, -0.1) is 0 Å². The Bertz CT molecular complexity index is 1610. The Balaban J connectivity index is 1.73. The molecule has 7 aromatic rings. The molecular weight excluding hydrogens is 766 g/mol. The van der Waals surface area contributed by atoms with E-state index in [1.165, 1.54) is 5.56 Å². The predicted molar refractivity (Wildman–Crippen MR) is 202 cm³/mol. The van der Waals surface area contributed by atoms with Crippen LogP contribution in [0.4, 0.5) is 0 Å². The van der Waals surface area contributed by atoms with Gasteiger partial charge in [-0.1, -0.05) is 0 Å². The van der Waals surface area contributed by atoms with Gasteiger partial charge in [-0.05, 0) is 0 Å². The molecule has 0 aliphatic heterocycles. The quantitative estimate of drug-likeness (QED) is 0.139. The molecule has 7 aromatic carbocycles. The van der Waals surface area contributed by atoms with Gasteiger partial charge in [-0.25, -0.2) is 0 Å². The van der Waals surface area contributed by atoms with E-state index in [0.29, 0.717) is 1.95 Å². The molecule has 0 aliphatic carbocycles. The molecule has 46 heavy (non-hydrogen) atoms. The molecule has 0 spiro atoms. The van der Waals surface area contributed by atoms with E-state index in [1.807, 2.05) is 0 Å². The van der Waals surface area contributed by atoms with Crippen molar-refractivity contribution >= 4 is 58.2 Å². The van der Waals surface area contributed by atoms with Crippen LogP contribution in [-0.2, 0) is 6.42 Å². The summed E-state index contributed by atoms with van der Waals surface area (Å²) in [6.07, 6.45) is 1.02. The summed E-state index contributed by atoms with van der Waals surface area (Å²) < 4.78 is 9.65.